The van der Waals surface area contributed by atoms with Crippen molar-refractivity contribution in [2.24, 2.45) is 5.73 Å². The molecule has 8 heteroatoms. The van der Waals surface area contributed by atoms with Crippen LogP contribution < -0.4 is 10.6 Å². The van der Waals surface area contributed by atoms with Crippen LogP contribution in [0.2, 0.25) is 0 Å². The van der Waals surface area contributed by atoms with Gasteiger partial charge in [0.25, 0.3) is 0 Å². The van der Waals surface area contributed by atoms with E-state index in [4.69, 9.17) is 5.73 Å². The summed E-state index contributed by atoms with van der Waals surface area (Å²) in [6.45, 7) is 0.791. The number of benzene rings is 2. The standard InChI is InChI=1S/C19H24N2O4S2/c1-26(22,23)18-11-19(14-21(13-18)16-7-3-2-4-8-16)27(24,25)17-9-5-6-15(10-17)12-20/h2-10,18-19H,11-14,20H2,1H3/t18-,19+/m0/s1. The molecule has 1 aliphatic rings. The molecule has 0 aliphatic carbocycles. The Kier molecular flexibility index (Phi) is 5.60. The summed E-state index contributed by atoms with van der Waals surface area (Å²) in [6, 6.07) is 15.9. The highest BCUT2D eigenvalue weighted by Gasteiger charge is 2.40. The van der Waals surface area contributed by atoms with Gasteiger partial charge in [0, 0.05) is 31.6 Å². The maximum atomic E-state index is 13.2. The third kappa shape index (κ3) is 4.34. The number of hydrogen-bond donors (Lipinski definition) is 1. The number of para-hydroxylation sites is 1. The highest BCUT2D eigenvalue weighted by atomic mass is 32.2. The van der Waals surface area contributed by atoms with Gasteiger partial charge in [0.1, 0.15) is 0 Å². The summed E-state index contributed by atoms with van der Waals surface area (Å²) in [4.78, 5) is 2.04. The van der Waals surface area contributed by atoms with Crippen LogP contribution in [0.25, 0.3) is 0 Å². The maximum absolute atomic E-state index is 13.2. The van der Waals surface area contributed by atoms with E-state index in [2.05, 4.69) is 0 Å². The van der Waals surface area contributed by atoms with E-state index in [1.54, 1.807) is 24.3 Å². The minimum Gasteiger partial charge on any atom is -0.369 e. The number of nitrogens with two attached hydrogens (primary N) is 1. The second kappa shape index (κ2) is 7.61. The van der Waals surface area contributed by atoms with E-state index in [1.165, 1.54) is 6.26 Å². The van der Waals surface area contributed by atoms with E-state index < -0.39 is 30.2 Å². The first-order valence-electron chi connectivity index (χ1n) is 8.73. The van der Waals surface area contributed by atoms with Gasteiger partial charge in [-0.25, -0.2) is 16.8 Å². The molecule has 1 aliphatic heterocycles. The van der Waals surface area contributed by atoms with Crippen molar-refractivity contribution in [3.8, 4) is 0 Å². The largest absolute Gasteiger partial charge is 0.369 e. The van der Waals surface area contributed by atoms with E-state index in [0.717, 1.165) is 11.3 Å². The number of anilines is 1. The Bertz CT molecular complexity index is 1010. The molecule has 0 aromatic heterocycles. The van der Waals surface area contributed by atoms with E-state index >= 15 is 0 Å². The molecule has 0 radical (unpaired) electrons. The lowest BCUT2D eigenvalue weighted by molar-refractivity contribution is 0.516. The van der Waals surface area contributed by atoms with Crippen LogP contribution in [0, 0.1) is 0 Å². The monoisotopic (exact) mass is 408 g/mol. The summed E-state index contributed by atoms with van der Waals surface area (Å²) in [7, 11) is -7.07. The first-order chi connectivity index (χ1) is 12.7. The van der Waals surface area contributed by atoms with Crippen molar-refractivity contribution >= 4 is 25.4 Å². The highest BCUT2D eigenvalue weighted by Crippen LogP contribution is 2.30. The molecule has 0 amide bonds. The quantitative estimate of drug-likeness (QED) is 0.807. The molecular formula is C19H24N2O4S2. The minimum atomic E-state index is -3.69. The summed E-state index contributed by atoms with van der Waals surface area (Å²) < 4.78 is 51.0. The molecule has 27 heavy (non-hydrogen) atoms. The Morgan fingerprint density at radius 3 is 2.26 bits per heavy atom. The molecule has 3 rings (SSSR count). The average Bonchev–Trinajstić information content (AvgIpc) is 2.67. The number of rotatable bonds is 5. The van der Waals surface area contributed by atoms with Gasteiger partial charge in [-0.2, -0.15) is 0 Å². The SMILES string of the molecule is CS(=O)(=O)[C@H]1C[C@@H](S(=O)(=O)c2cccc(CN)c2)CN(c2ccccc2)C1. The zero-order valence-electron chi connectivity index (χ0n) is 15.2. The third-order valence-corrected chi connectivity index (χ3v) is 8.68. The Balaban J connectivity index is 1.99. The van der Waals surface area contributed by atoms with Gasteiger partial charge >= 0.3 is 0 Å². The van der Waals surface area contributed by atoms with Gasteiger partial charge in [0.2, 0.25) is 0 Å². The van der Waals surface area contributed by atoms with Gasteiger partial charge in [0.15, 0.2) is 19.7 Å². The van der Waals surface area contributed by atoms with E-state index in [-0.39, 0.29) is 31.0 Å². The fourth-order valence-corrected chi connectivity index (χ4v) is 6.42. The normalized spacial score (nSPS) is 21.2. The van der Waals surface area contributed by atoms with E-state index in [0.29, 0.717) is 0 Å². The van der Waals surface area contributed by atoms with E-state index in [1.807, 2.05) is 35.2 Å². The van der Waals surface area contributed by atoms with E-state index in [9.17, 15) is 16.8 Å². The Morgan fingerprint density at radius 1 is 0.963 bits per heavy atom. The average molecular weight is 409 g/mol. The van der Waals surface area contributed by atoms with Crippen molar-refractivity contribution in [1.82, 2.24) is 0 Å². The van der Waals surface area contributed by atoms with Crippen LogP contribution in [0.15, 0.2) is 59.5 Å². The molecule has 6 nitrogen and oxygen atoms in total. The van der Waals surface area contributed by atoms with Crippen molar-refractivity contribution < 1.29 is 16.8 Å². The van der Waals surface area contributed by atoms with Gasteiger partial charge in [0.05, 0.1) is 15.4 Å². The molecule has 0 spiro atoms. The number of nitrogens with zero attached hydrogens (tertiary/aromatic N) is 1. The van der Waals surface area contributed by atoms with Crippen LogP contribution >= 0.6 is 0 Å². The zero-order chi connectivity index (χ0) is 19.7. The molecule has 0 unspecified atom stereocenters. The lowest BCUT2D eigenvalue weighted by Gasteiger charge is -2.38. The summed E-state index contributed by atoms with van der Waals surface area (Å²) in [5.74, 6) is 0. The van der Waals surface area contributed by atoms with Crippen LogP contribution in [0.4, 0.5) is 5.69 Å². The highest BCUT2D eigenvalue weighted by molar-refractivity contribution is 7.92. The molecular weight excluding hydrogens is 384 g/mol. The van der Waals surface area contributed by atoms with Gasteiger partial charge in [-0.15, -0.1) is 0 Å². The Hall–Kier alpha value is -1.90. The van der Waals surface area contributed by atoms with Gasteiger partial charge in [-0.05, 0) is 36.2 Å². The van der Waals surface area contributed by atoms with Crippen molar-refractivity contribution in [3.63, 3.8) is 0 Å². The molecule has 2 aromatic rings. The maximum Gasteiger partial charge on any atom is 0.183 e. The van der Waals surface area contributed by atoms with Crippen LogP contribution in [-0.2, 0) is 26.2 Å². The lowest BCUT2D eigenvalue weighted by atomic mass is 10.1. The second-order valence-corrected chi connectivity index (χ2v) is 11.5. The second-order valence-electron chi connectivity index (χ2n) is 6.95. The van der Waals surface area contributed by atoms with Crippen molar-refractivity contribution in [2.45, 2.75) is 28.4 Å². The first-order valence-corrected chi connectivity index (χ1v) is 12.2. The molecule has 0 saturated carbocycles. The fourth-order valence-electron chi connectivity index (χ4n) is 3.43. The molecule has 146 valence electrons. The lowest BCUT2D eigenvalue weighted by Crippen LogP contribution is -2.51. The van der Waals surface area contributed by atoms with Crippen LogP contribution in [-0.4, -0.2) is 46.7 Å². The van der Waals surface area contributed by atoms with Crippen molar-refractivity contribution in [3.05, 3.63) is 60.2 Å². The number of sulfone groups is 2. The molecule has 0 bridgehead atoms. The minimum absolute atomic E-state index is 0.0946. The van der Waals surface area contributed by atoms with Crippen LogP contribution in [0.3, 0.4) is 0 Å². The predicted molar refractivity (Wildman–Crippen MR) is 107 cm³/mol. The molecule has 1 saturated heterocycles. The summed E-state index contributed by atoms with van der Waals surface area (Å²) in [5.41, 5.74) is 7.18. The number of hydrogen-bond acceptors (Lipinski definition) is 6. The summed E-state index contributed by atoms with van der Waals surface area (Å²) in [6.07, 6.45) is 1.27. The Morgan fingerprint density at radius 2 is 1.63 bits per heavy atom. The zero-order valence-corrected chi connectivity index (χ0v) is 16.8. The first kappa shape index (κ1) is 19.9. The molecule has 2 aromatic carbocycles. The molecule has 2 atom stereocenters. The molecule has 1 heterocycles. The van der Waals surface area contributed by atoms with Gasteiger partial charge < -0.3 is 10.6 Å². The smallest absolute Gasteiger partial charge is 0.183 e. The van der Waals surface area contributed by atoms with Gasteiger partial charge in [-0.3, -0.25) is 0 Å². The third-order valence-electron chi connectivity index (χ3n) is 5.00. The topological polar surface area (TPSA) is 97.5 Å². The van der Waals surface area contributed by atoms with Crippen molar-refractivity contribution in [2.75, 3.05) is 24.2 Å². The number of piperidine rings is 1. The predicted octanol–water partition coefficient (Wildman–Crippen LogP) is 1.61. The summed E-state index contributed by atoms with van der Waals surface area (Å²) in [5, 5.41) is -1.54. The fraction of sp³-hybridized carbons (Fsp3) is 0.368. The van der Waals surface area contributed by atoms with Gasteiger partial charge in [-0.1, -0.05) is 30.3 Å². The van der Waals surface area contributed by atoms with Crippen LogP contribution in [0.1, 0.15) is 12.0 Å². The van der Waals surface area contributed by atoms with Crippen molar-refractivity contribution in [1.29, 1.82) is 0 Å². The van der Waals surface area contributed by atoms with Crippen LogP contribution in [0.5, 0.6) is 0 Å². The summed E-state index contributed by atoms with van der Waals surface area (Å²) >= 11 is 0. The molecule has 2 N–H and O–H groups in total. The molecule has 1 fully saturated rings. The Labute approximate surface area is 160 Å².